The summed E-state index contributed by atoms with van der Waals surface area (Å²) in [7, 11) is 0. The monoisotopic (exact) mass is 387 g/mol. The summed E-state index contributed by atoms with van der Waals surface area (Å²) in [6, 6.07) is 9.10. The maximum absolute atomic E-state index is 12.9. The minimum absolute atomic E-state index is 0.0150. The van der Waals surface area contributed by atoms with Crippen molar-refractivity contribution in [3.05, 3.63) is 59.5 Å². The normalized spacial score (nSPS) is 14.8. The number of pyridine rings is 1. The van der Waals surface area contributed by atoms with E-state index in [0.717, 1.165) is 17.9 Å². The van der Waals surface area contributed by atoms with Gasteiger partial charge in [0, 0.05) is 31.4 Å². The van der Waals surface area contributed by atoms with E-state index in [-0.39, 0.29) is 17.6 Å². The Labute approximate surface area is 162 Å². The molecule has 27 heavy (non-hydrogen) atoms. The fourth-order valence-corrected chi connectivity index (χ4v) is 3.71. The molecule has 1 N–H and O–H groups in total. The van der Waals surface area contributed by atoms with Crippen molar-refractivity contribution in [2.45, 2.75) is 17.9 Å². The zero-order chi connectivity index (χ0) is 19.2. The first-order valence-corrected chi connectivity index (χ1v) is 10.1. The van der Waals surface area contributed by atoms with Crippen LogP contribution in [0, 0.1) is 11.7 Å². The molecule has 1 aromatic heterocycles. The number of hydrogen-bond acceptors (Lipinski definition) is 4. The van der Waals surface area contributed by atoms with E-state index in [2.05, 4.69) is 10.3 Å². The van der Waals surface area contributed by atoms with Crippen molar-refractivity contribution in [3.8, 4) is 0 Å². The molecule has 1 saturated heterocycles. The van der Waals surface area contributed by atoms with Crippen LogP contribution >= 0.6 is 11.8 Å². The van der Waals surface area contributed by atoms with Crippen LogP contribution < -0.4 is 5.32 Å². The largest absolute Gasteiger partial charge is 0.352 e. The van der Waals surface area contributed by atoms with Gasteiger partial charge >= 0.3 is 0 Å². The third-order valence-corrected chi connectivity index (χ3v) is 5.47. The Bertz CT molecular complexity index is 805. The molecule has 0 aliphatic carbocycles. The number of nitrogens with zero attached hydrogens (tertiary/aromatic N) is 2. The van der Waals surface area contributed by atoms with E-state index in [0.29, 0.717) is 36.7 Å². The maximum Gasteiger partial charge on any atom is 0.256 e. The second kappa shape index (κ2) is 8.99. The predicted molar refractivity (Wildman–Crippen MR) is 103 cm³/mol. The molecule has 2 amide bonds. The van der Waals surface area contributed by atoms with Gasteiger partial charge in [-0.25, -0.2) is 9.37 Å². The average Bonchev–Trinajstić information content (AvgIpc) is 2.72. The number of thioether (sulfide) groups is 1. The van der Waals surface area contributed by atoms with Crippen molar-refractivity contribution in [2.75, 3.05) is 25.9 Å². The summed E-state index contributed by atoms with van der Waals surface area (Å²) in [5.41, 5.74) is 1.10. The lowest BCUT2D eigenvalue weighted by atomic mass is 9.96. The first-order valence-electron chi connectivity index (χ1n) is 8.90. The van der Waals surface area contributed by atoms with Gasteiger partial charge in [-0.1, -0.05) is 0 Å². The van der Waals surface area contributed by atoms with E-state index < -0.39 is 0 Å². The number of halogens is 1. The van der Waals surface area contributed by atoms with Gasteiger partial charge in [-0.3, -0.25) is 9.59 Å². The van der Waals surface area contributed by atoms with E-state index in [1.807, 2.05) is 17.2 Å². The molecule has 7 heteroatoms. The molecule has 0 unspecified atom stereocenters. The van der Waals surface area contributed by atoms with E-state index in [1.54, 1.807) is 12.3 Å². The van der Waals surface area contributed by atoms with Gasteiger partial charge in [0.1, 0.15) is 10.8 Å². The lowest BCUT2D eigenvalue weighted by Crippen LogP contribution is -2.41. The third-order valence-electron chi connectivity index (χ3n) is 4.75. The smallest absolute Gasteiger partial charge is 0.256 e. The number of benzene rings is 1. The Morgan fingerprint density at radius 1 is 1.22 bits per heavy atom. The van der Waals surface area contributed by atoms with E-state index in [4.69, 9.17) is 0 Å². The van der Waals surface area contributed by atoms with Crippen LogP contribution in [0.3, 0.4) is 0 Å². The molecule has 2 aromatic rings. The van der Waals surface area contributed by atoms with Crippen LogP contribution in [0.4, 0.5) is 4.39 Å². The van der Waals surface area contributed by atoms with Gasteiger partial charge in [0.05, 0.1) is 5.56 Å². The van der Waals surface area contributed by atoms with Crippen molar-refractivity contribution >= 4 is 23.6 Å². The number of rotatable bonds is 5. The number of likely N-dealkylation sites (tertiary alicyclic amines) is 1. The fourth-order valence-electron chi connectivity index (χ4n) is 3.17. The molecule has 0 saturated carbocycles. The second-order valence-corrected chi connectivity index (χ2v) is 7.31. The van der Waals surface area contributed by atoms with Crippen LogP contribution in [0.25, 0.3) is 0 Å². The van der Waals surface area contributed by atoms with Crippen LogP contribution in [0.15, 0.2) is 47.6 Å². The highest BCUT2D eigenvalue weighted by atomic mass is 32.2. The zero-order valence-electron chi connectivity index (χ0n) is 15.2. The van der Waals surface area contributed by atoms with Crippen molar-refractivity contribution in [1.29, 1.82) is 0 Å². The number of amides is 2. The molecule has 0 atom stereocenters. The topological polar surface area (TPSA) is 62.3 Å². The third kappa shape index (κ3) is 4.86. The van der Waals surface area contributed by atoms with E-state index in [1.165, 1.54) is 36.0 Å². The standard InChI is InChI=1S/C20H22FN3O2S/c1-27-19-17(3-2-10-22-19)20(26)24-11-8-14(9-12-24)13-23-18(25)15-4-6-16(21)7-5-15/h2-7,10,14H,8-9,11-13H2,1H3,(H,23,25). The molecule has 0 spiro atoms. The van der Waals surface area contributed by atoms with Crippen molar-refractivity contribution in [2.24, 2.45) is 5.92 Å². The minimum Gasteiger partial charge on any atom is -0.352 e. The Kier molecular flexibility index (Phi) is 6.45. The molecule has 3 rings (SSSR count). The van der Waals surface area contributed by atoms with E-state index in [9.17, 15) is 14.0 Å². The Hall–Kier alpha value is -2.41. The fraction of sp³-hybridized carbons (Fsp3) is 0.350. The van der Waals surface area contributed by atoms with Crippen LogP contribution in [0.1, 0.15) is 33.6 Å². The molecule has 0 bridgehead atoms. The maximum atomic E-state index is 12.9. The number of piperidine rings is 1. The SMILES string of the molecule is CSc1ncccc1C(=O)N1CCC(CNC(=O)c2ccc(F)cc2)CC1. The van der Waals surface area contributed by atoms with Crippen LogP contribution in [-0.2, 0) is 0 Å². The van der Waals surface area contributed by atoms with Crippen molar-refractivity contribution in [3.63, 3.8) is 0 Å². The van der Waals surface area contributed by atoms with Gasteiger partial charge in [-0.05, 0) is 61.4 Å². The summed E-state index contributed by atoms with van der Waals surface area (Å²) in [5, 5.41) is 3.65. The summed E-state index contributed by atoms with van der Waals surface area (Å²) in [6.07, 6.45) is 5.28. The number of carbonyl (C=O) groups excluding carboxylic acids is 2. The van der Waals surface area contributed by atoms with Crippen molar-refractivity contribution in [1.82, 2.24) is 15.2 Å². The van der Waals surface area contributed by atoms with Gasteiger partial charge in [-0.2, -0.15) is 0 Å². The van der Waals surface area contributed by atoms with E-state index >= 15 is 0 Å². The molecule has 0 radical (unpaired) electrons. The van der Waals surface area contributed by atoms with Gasteiger partial charge in [0.2, 0.25) is 0 Å². The quantitative estimate of drug-likeness (QED) is 0.800. The number of aromatic nitrogens is 1. The zero-order valence-corrected chi connectivity index (χ0v) is 16.0. The Morgan fingerprint density at radius 2 is 1.93 bits per heavy atom. The van der Waals surface area contributed by atoms with Crippen molar-refractivity contribution < 1.29 is 14.0 Å². The van der Waals surface area contributed by atoms with Gasteiger partial charge in [0.15, 0.2) is 0 Å². The average molecular weight is 387 g/mol. The molecular formula is C20H22FN3O2S. The van der Waals surface area contributed by atoms with Gasteiger partial charge < -0.3 is 10.2 Å². The number of hydrogen-bond donors (Lipinski definition) is 1. The summed E-state index contributed by atoms with van der Waals surface area (Å²) >= 11 is 1.47. The molecule has 5 nitrogen and oxygen atoms in total. The lowest BCUT2D eigenvalue weighted by Gasteiger charge is -2.32. The summed E-state index contributed by atoms with van der Waals surface area (Å²) in [4.78, 5) is 31.0. The molecule has 1 fully saturated rings. The molecule has 1 aromatic carbocycles. The van der Waals surface area contributed by atoms with Crippen LogP contribution in [0.5, 0.6) is 0 Å². The first kappa shape index (κ1) is 19.4. The molecule has 1 aliphatic rings. The highest BCUT2D eigenvalue weighted by Gasteiger charge is 2.25. The molecule has 2 heterocycles. The number of nitrogens with one attached hydrogen (secondary N) is 1. The van der Waals surface area contributed by atoms with Gasteiger partial charge in [0.25, 0.3) is 11.8 Å². The Morgan fingerprint density at radius 3 is 2.59 bits per heavy atom. The second-order valence-electron chi connectivity index (χ2n) is 6.51. The minimum atomic E-state index is -0.359. The highest BCUT2D eigenvalue weighted by molar-refractivity contribution is 7.98. The molecule has 1 aliphatic heterocycles. The van der Waals surface area contributed by atoms with Gasteiger partial charge in [-0.15, -0.1) is 11.8 Å². The lowest BCUT2D eigenvalue weighted by molar-refractivity contribution is 0.0680. The summed E-state index contributed by atoms with van der Waals surface area (Å²) < 4.78 is 12.9. The predicted octanol–water partition coefficient (Wildman–Crippen LogP) is 3.22. The Balaban J connectivity index is 1.49. The summed E-state index contributed by atoms with van der Waals surface area (Å²) in [5.74, 6) is -0.219. The summed E-state index contributed by atoms with van der Waals surface area (Å²) in [6.45, 7) is 1.89. The number of carbonyl (C=O) groups is 2. The molecular weight excluding hydrogens is 365 g/mol. The first-order chi connectivity index (χ1) is 13.1. The van der Waals surface area contributed by atoms with Crippen LogP contribution in [-0.4, -0.2) is 47.6 Å². The molecule has 142 valence electrons. The van der Waals surface area contributed by atoms with Crippen LogP contribution in [0.2, 0.25) is 0 Å². The highest BCUT2D eigenvalue weighted by Crippen LogP contribution is 2.22.